The summed E-state index contributed by atoms with van der Waals surface area (Å²) in [5.74, 6) is 2.04. The number of hydrogen-bond donors (Lipinski definition) is 2. The summed E-state index contributed by atoms with van der Waals surface area (Å²) in [7, 11) is 0. The van der Waals surface area contributed by atoms with Gasteiger partial charge in [0.05, 0.1) is 0 Å². The lowest BCUT2D eigenvalue weighted by molar-refractivity contribution is 0.224. The van der Waals surface area contributed by atoms with Gasteiger partial charge in [0.2, 0.25) is 0 Å². The summed E-state index contributed by atoms with van der Waals surface area (Å²) in [5, 5.41) is 4.60. The second-order valence-electron chi connectivity index (χ2n) is 9.27. The van der Waals surface area contributed by atoms with Gasteiger partial charge in [-0.15, -0.1) is 0 Å². The lowest BCUT2D eigenvalue weighted by Crippen LogP contribution is -2.30. The van der Waals surface area contributed by atoms with Crippen LogP contribution < -0.4 is 11.1 Å². The summed E-state index contributed by atoms with van der Waals surface area (Å²) in [5.41, 5.74) is 10.0. The van der Waals surface area contributed by atoms with Gasteiger partial charge in [-0.05, 0) is 100 Å². The molecule has 0 atom stereocenters. The highest BCUT2D eigenvalue weighted by atomic mass is 19.1. The van der Waals surface area contributed by atoms with Crippen LogP contribution in [0.15, 0.2) is 18.2 Å². The molecule has 0 amide bonds. The zero-order valence-corrected chi connectivity index (χ0v) is 17.5. The van der Waals surface area contributed by atoms with E-state index >= 15 is 0 Å². The molecule has 154 valence electrons. The van der Waals surface area contributed by atoms with Crippen molar-refractivity contribution < 1.29 is 4.39 Å². The van der Waals surface area contributed by atoms with Crippen LogP contribution in [0.4, 0.5) is 4.39 Å². The van der Waals surface area contributed by atoms with Gasteiger partial charge in [0, 0.05) is 28.6 Å². The molecule has 0 radical (unpaired) electrons. The van der Waals surface area contributed by atoms with Crippen LogP contribution in [0.3, 0.4) is 0 Å². The van der Waals surface area contributed by atoms with E-state index in [9.17, 15) is 4.39 Å². The van der Waals surface area contributed by atoms with Crippen molar-refractivity contribution in [2.75, 3.05) is 19.6 Å². The van der Waals surface area contributed by atoms with Gasteiger partial charge in [-0.3, -0.25) is 0 Å². The standard InChI is InChI=1S/C24H36FN3/c1-16(2)17-3-6-20(7-4-17)28-23-8-5-19(25)15-22(23)21(9-12-26)24(28)18-10-13-27-14-11-18/h5,8,15-18,20,27H,3-4,6-7,9-14,26H2,1-2H3. The molecule has 3 N–H and O–H groups in total. The van der Waals surface area contributed by atoms with Crippen molar-refractivity contribution in [3.63, 3.8) is 0 Å². The van der Waals surface area contributed by atoms with Crippen molar-refractivity contribution in [2.24, 2.45) is 17.6 Å². The highest BCUT2D eigenvalue weighted by Gasteiger charge is 2.31. The SMILES string of the molecule is CC(C)C1CCC(n2c(C3CCNCC3)c(CCN)c3cc(F)ccc32)CC1. The summed E-state index contributed by atoms with van der Waals surface area (Å²) in [6, 6.07) is 5.95. The Morgan fingerprint density at radius 1 is 1.11 bits per heavy atom. The molecule has 1 aliphatic heterocycles. The quantitative estimate of drug-likeness (QED) is 0.749. The molecule has 4 rings (SSSR count). The maximum absolute atomic E-state index is 14.2. The molecule has 0 unspecified atom stereocenters. The Morgan fingerprint density at radius 3 is 2.46 bits per heavy atom. The number of nitrogens with two attached hydrogens (primary N) is 1. The fourth-order valence-electron chi connectivity index (χ4n) is 5.74. The maximum atomic E-state index is 14.2. The molecular formula is C24H36FN3. The zero-order valence-electron chi connectivity index (χ0n) is 17.5. The smallest absolute Gasteiger partial charge is 0.123 e. The molecule has 1 aromatic heterocycles. The van der Waals surface area contributed by atoms with Crippen LogP contribution in [0.5, 0.6) is 0 Å². The first-order chi connectivity index (χ1) is 13.6. The number of rotatable bonds is 5. The van der Waals surface area contributed by atoms with Crippen LogP contribution in [0.25, 0.3) is 10.9 Å². The molecule has 2 aromatic rings. The lowest BCUT2D eigenvalue weighted by atomic mass is 9.79. The normalized spacial score (nSPS) is 24.3. The number of nitrogens with one attached hydrogen (secondary N) is 1. The third-order valence-corrected chi connectivity index (χ3v) is 7.28. The Balaban J connectivity index is 1.81. The largest absolute Gasteiger partial charge is 0.341 e. The molecule has 2 heterocycles. The van der Waals surface area contributed by atoms with E-state index in [4.69, 9.17) is 5.73 Å². The van der Waals surface area contributed by atoms with Gasteiger partial charge in [-0.1, -0.05) is 13.8 Å². The zero-order chi connectivity index (χ0) is 19.7. The van der Waals surface area contributed by atoms with E-state index in [-0.39, 0.29) is 5.82 Å². The first-order valence-corrected chi connectivity index (χ1v) is 11.3. The molecule has 28 heavy (non-hydrogen) atoms. The highest BCUT2D eigenvalue weighted by molar-refractivity contribution is 5.86. The van der Waals surface area contributed by atoms with Crippen LogP contribution >= 0.6 is 0 Å². The van der Waals surface area contributed by atoms with Crippen molar-refractivity contribution in [3.8, 4) is 0 Å². The van der Waals surface area contributed by atoms with Crippen LogP contribution in [-0.4, -0.2) is 24.2 Å². The maximum Gasteiger partial charge on any atom is 0.123 e. The van der Waals surface area contributed by atoms with Gasteiger partial charge >= 0.3 is 0 Å². The number of fused-ring (bicyclic) bond motifs is 1. The van der Waals surface area contributed by atoms with E-state index in [0.717, 1.165) is 49.6 Å². The summed E-state index contributed by atoms with van der Waals surface area (Å²) in [6.45, 7) is 7.48. The molecule has 2 fully saturated rings. The van der Waals surface area contributed by atoms with Crippen molar-refractivity contribution in [3.05, 3.63) is 35.3 Å². The molecule has 0 bridgehead atoms. The predicted molar refractivity (Wildman–Crippen MR) is 115 cm³/mol. The van der Waals surface area contributed by atoms with Gasteiger partial charge in [0.15, 0.2) is 0 Å². The van der Waals surface area contributed by atoms with Gasteiger partial charge < -0.3 is 15.6 Å². The predicted octanol–water partition coefficient (Wildman–Crippen LogP) is 5.14. The lowest BCUT2D eigenvalue weighted by Gasteiger charge is -2.35. The fourth-order valence-corrected chi connectivity index (χ4v) is 5.74. The molecular weight excluding hydrogens is 349 g/mol. The van der Waals surface area contributed by atoms with Gasteiger partial charge in [-0.2, -0.15) is 0 Å². The monoisotopic (exact) mass is 385 g/mol. The Morgan fingerprint density at radius 2 is 1.82 bits per heavy atom. The Labute approximate surface area is 168 Å². The van der Waals surface area contributed by atoms with E-state index < -0.39 is 0 Å². The number of halogens is 1. The summed E-state index contributed by atoms with van der Waals surface area (Å²) in [6.07, 6.45) is 8.26. The van der Waals surface area contributed by atoms with Crippen LogP contribution in [0.2, 0.25) is 0 Å². The third-order valence-electron chi connectivity index (χ3n) is 7.28. The van der Waals surface area contributed by atoms with E-state index in [1.165, 1.54) is 42.5 Å². The third kappa shape index (κ3) is 3.73. The molecule has 4 heteroatoms. The number of piperidine rings is 1. The van der Waals surface area contributed by atoms with Crippen molar-refractivity contribution in [2.45, 2.75) is 70.8 Å². The van der Waals surface area contributed by atoms with Gasteiger partial charge in [0.25, 0.3) is 0 Å². The van der Waals surface area contributed by atoms with E-state index in [2.05, 4.69) is 23.7 Å². The molecule has 1 aromatic carbocycles. The Hall–Kier alpha value is -1.39. The molecule has 3 nitrogen and oxygen atoms in total. The first kappa shape index (κ1) is 19.9. The minimum absolute atomic E-state index is 0.136. The van der Waals surface area contributed by atoms with Crippen LogP contribution in [-0.2, 0) is 6.42 Å². The minimum atomic E-state index is -0.136. The molecule has 1 aliphatic carbocycles. The Bertz CT molecular complexity index is 796. The molecule has 1 saturated carbocycles. The Kier molecular flexibility index (Phi) is 6.07. The van der Waals surface area contributed by atoms with Crippen molar-refractivity contribution >= 4 is 10.9 Å². The minimum Gasteiger partial charge on any atom is -0.341 e. The summed E-state index contributed by atoms with van der Waals surface area (Å²) >= 11 is 0. The number of hydrogen-bond acceptors (Lipinski definition) is 2. The summed E-state index contributed by atoms with van der Waals surface area (Å²) in [4.78, 5) is 0. The molecule has 1 saturated heterocycles. The van der Waals surface area contributed by atoms with Crippen LogP contribution in [0, 0.1) is 17.7 Å². The van der Waals surface area contributed by atoms with Gasteiger partial charge in [-0.25, -0.2) is 4.39 Å². The highest BCUT2D eigenvalue weighted by Crippen LogP contribution is 2.43. The van der Waals surface area contributed by atoms with E-state index in [0.29, 0.717) is 18.5 Å². The molecule has 0 spiro atoms. The second-order valence-corrected chi connectivity index (χ2v) is 9.27. The van der Waals surface area contributed by atoms with Crippen molar-refractivity contribution in [1.29, 1.82) is 0 Å². The van der Waals surface area contributed by atoms with E-state index in [1.807, 2.05) is 6.07 Å². The number of nitrogens with zero attached hydrogens (tertiary/aromatic N) is 1. The molecule has 2 aliphatic rings. The van der Waals surface area contributed by atoms with Crippen molar-refractivity contribution in [1.82, 2.24) is 9.88 Å². The topological polar surface area (TPSA) is 43.0 Å². The number of benzene rings is 1. The van der Waals surface area contributed by atoms with E-state index in [1.54, 1.807) is 12.1 Å². The fraction of sp³-hybridized carbons (Fsp3) is 0.667. The van der Waals surface area contributed by atoms with Crippen LogP contribution in [0.1, 0.15) is 75.6 Å². The van der Waals surface area contributed by atoms with Gasteiger partial charge in [0.1, 0.15) is 5.82 Å². The average Bonchev–Trinajstić information content (AvgIpc) is 3.02. The number of aromatic nitrogens is 1. The second kappa shape index (κ2) is 8.54. The first-order valence-electron chi connectivity index (χ1n) is 11.3. The average molecular weight is 386 g/mol. The summed E-state index contributed by atoms with van der Waals surface area (Å²) < 4.78 is 16.8.